The van der Waals surface area contributed by atoms with Crippen LogP contribution in [0.2, 0.25) is 0 Å². The number of morpholine rings is 1. The molecule has 104 valence electrons. The van der Waals surface area contributed by atoms with Gasteiger partial charge in [0, 0.05) is 19.6 Å². The van der Waals surface area contributed by atoms with Gasteiger partial charge in [0.05, 0.1) is 19.8 Å². The monoisotopic (exact) mass is 255 g/mol. The molecule has 0 bridgehead atoms. The van der Waals surface area contributed by atoms with Gasteiger partial charge in [0.1, 0.15) is 0 Å². The Bertz CT molecular complexity index is 279. The van der Waals surface area contributed by atoms with Crippen molar-refractivity contribution in [2.75, 3.05) is 52.5 Å². The van der Waals surface area contributed by atoms with E-state index in [2.05, 4.69) is 11.8 Å². The summed E-state index contributed by atoms with van der Waals surface area (Å²) in [5.41, 5.74) is 5.79. The molecule has 2 N–H and O–H groups in total. The van der Waals surface area contributed by atoms with E-state index in [1.807, 2.05) is 4.90 Å². The lowest BCUT2D eigenvalue weighted by atomic mass is 9.87. The van der Waals surface area contributed by atoms with Gasteiger partial charge in [0.15, 0.2) is 0 Å². The molecule has 0 saturated carbocycles. The van der Waals surface area contributed by atoms with Crippen LogP contribution in [0.5, 0.6) is 0 Å². The van der Waals surface area contributed by atoms with Crippen LogP contribution >= 0.6 is 0 Å². The predicted molar refractivity (Wildman–Crippen MR) is 70.2 cm³/mol. The van der Waals surface area contributed by atoms with Gasteiger partial charge in [-0.3, -0.25) is 9.69 Å². The number of carbonyl (C=O) groups is 1. The molecular formula is C13H25N3O2. The van der Waals surface area contributed by atoms with Crippen LogP contribution in [0.3, 0.4) is 0 Å². The molecular weight excluding hydrogens is 230 g/mol. The van der Waals surface area contributed by atoms with Gasteiger partial charge in [-0.15, -0.1) is 0 Å². The fraction of sp³-hybridized carbons (Fsp3) is 0.923. The lowest BCUT2D eigenvalue weighted by molar-refractivity contribution is -0.137. The van der Waals surface area contributed by atoms with Crippen molar-refractivity contribution >= 4 is 5.91 Å². The highest BCUT2D eigenvalue weighted by atomic mass is 16.5. The molecule has 2 aliphatic heterocycles. The molecule has 5 heteroatoms. The van der Waals surface area contributed by atoms with Crippen molar-refractivity contribution in [2.24, 2.45) is 17.6 Å². The molecule has 0 aromatic carbocycles. The van der Waals surface area contributed by atoms with Crippen molar-refractivity contribution in [3.05, 3.63) is 0 Å². The van der Waals surface area contributed by atoms with Crippen molar-refractivity contribution in [1.82, 2.24) is 9.80 Å². The minimum absolute atomic E-state index is 0.239. The Morgan fingerprint density at radius 1 is 1.33 bits per heavy atom. The van der Waals surface area contributed by atoms with Gasteiger partial charge in [-0.25, -0.2) is 0 Å². The van der Waals surface area contributed by atoms with Crippen LogP contribution in [0.1, 0.15) is 13.3 Å². The molecule has 2 heterocycles. The molecule has 0 spiro atoms. The standard InChI is InChI=1S/C13H25N3O2/c1-11-2-3-15(9-12(11)8-14)10-13(17)16-4-6-18-7-5-16/h11-12H,2-10,14H2,1H3. The highest BCUT2D eigenvalue weighted by Gasteiger charge is 2.27. The number of piperidine rings is 1. The number of rotatable bonds is 3. The van der Waals surface area contributed by atoms with Gasteiger partial charge in [-0.05, 0) is 31.3 Å². The molecule has 0 radical (unpaired) electrons. The van der Waals surface area contributed by atoms with E-state index in [9.17, 15) is 4.79 Å². The second kappa shape index (κ2) is 6.50. The Hall–Kier alpha value is -0.650. The minimum Gasteiger partial charge on any atom is -0.378 e. The van der Waals surface area contributed by atoms with Gasteiger partial charge in [0.25, 0.3) is 0 Å². The van der Waals surface area contributed by atoms with Crippen LogP contribution in [0.15, 0.2) is 0 Å². The van der Waals surface area contributed by atoms with Gasteiger partial charge < -0.3 is 15.4 Å². The average molecular weight is 255 g/mol. The van der Waals surface area contributed by atoms with Crippen LogP contribution < -0.4 is 5.73 Å². The van der Waals surface area contributed by atoms with Crippen LogP contribution in [0, 0.1) is 11.8 Å². The first-order valence-electron chi connectivity index (χ1n) is 6.98. The predicted octanol–water partition coefficient (Wildman–Crippen LogP) is -0.238. The molecule has 2 aliphatic rings. The number of hydrogen-bond donors (Lipinski definition) is 1. The Morgan fingerprint density at radius 2 is 2.06 bits per heavy atom. The van der Waals surface area contributed by atoms with Crippen LogP contribution in [0.25, 0.3) is 0 Å². The smallest absolute Gasteiger partial charge is 0.236 e. The minimum atomic E-state index is 0.239. The third-order valence-electron chi connectivity index (χ3n) is 4.22. The first-order chi connectivity index (χ1) is 8.70. The fourth-order valence-electron chi connectivity index (χ4n) is 2.78. The summed E-state index contributed by atoms with van der Waals surface area (Å²) in [5, 5.41) is 0. The summed E-state index contributed by atoms with van der Waals surface area (Å²) in [6.07, 6.45) is 1.15. The molecule has 0 aliphatic carbocycles. The Morgan fingerprint density at radius 3 is 2.72 bits per heavy atom. The first-order valence-corrected chi connectivity index (χ1v) is 6.98. The molecule has 2 rings (SSSR count). The van der Waals surface area contributed by atoms with E-state index < -0.39 is 0 Å². The lowest BCUT2D eigenvalue weighted by Crippen LogP contribution is -2.49. The SMILES string of the molecule is CC1CCN(CC(=O)N2CCOCC2)CC1CN. The molecule has 0 aromatic heterocycles. The zero-order valence-electron chi connectivity index (χ0n) is 11.3. The number of nitrogens with two attached hydrogens (primary N) is 1. The third-order valence-corrected chi connectivity index (χ3v) is 4.22. The number of likely N-dealkylation sites (tertiary alicyclic amines) is 1. The highest BCUT2D eigenvalue weighted by Crippen LogP contribution is 2.22. The maximum atomic E-state index is 12.1. The number of hydrogen-bond acceptors (Lipinski definition) is 4. The summed E-state index contributed by atoms with van der Waals surface area (Å²) in [4.78, 5) is 16.3. The van der Waals surface area contributed by atoms with E-state index in [1.54, 1.807) is 0 Å². The van der Waals surface area contributed by atoms with Crippen molar-refractivity contribution in [2.45, 2.75) is 13.3 Å². The van der Waals surface area contributed by atoms with Crippen molar-refractivity contribution in [1.29, 1.82) is 0 Å². The number of carbonyl (C=O) groups excluding carboxylic acids is 1. The summed E-state index contributed by atoms with van der Waals surface area (Å²) in [6.45, 7) is 8.35. The number of ether oxygens (including phenoxy) is 1. The fourth-order valence-corrected chi connectivity index (χ4v) is 2.78. The Balaban J connectivity index is 1.80. The van der Waals surface area contributed by atoms with Crippen LogP contribution in [-0.4, -0.2) is 68.2 Å². The van der Waals surface area contributed by atoms with E-state index in [0.29, 0.717) is 31.6 Å². The zero-order valence-corrected chi connectivity index (χ0v) is 11.3. The summed E-state index contributed by atoms with van der Waals surface area (Å²) >= 11 is 0. The van der Waals surface area contributed by atoms with Gasteiger partial charge in [-0.1, -0.05) is 6.92 Å². The number of nitrogens with zero attached hydrogens (tertiary/aromatic N) is 2. The van der Waals surface area contributed by atoms with E-state index in [4.69, 9.17) is 10.5 Å². The largest absolute Gasteiger partial charge is 0.378 e. The summed E-state index contributed by atoms with van der Waals surface area (Å²) in [6, 6.07) is 0. The zero-order chi connectivity index (χ0) is 13.0. The van der Waals surface area contributed by atoms with Gasteiger partial charge >= 0.3 is 0 Å². The molecule has 0 aromatic rings. The average Bonchev–Trinajstić information content (AvgIpc) is 2.42. The highest BCUT2D eigenvalue weighted by molar-refractivity contribution is 5.78. The second-order valence-corrected chi connectivity index (χ2v) is 5.49. The third kappa shape index (κ3) is 3.43. The normalized spacial score (nSPS) is 30.4. The molecule has 2 atom stereocenters. The van der Waals surface area contributed by atoms with Gasteiger partial charge in [0.2, 0.25) is 5.91 Å². The molecule has 5 nitrogen and oxygen atoms in total. The van der Waals surface area contributed by atoms with Gasteiger partial charge in [-0.2, -0.15) is 0 Å². The molecule has 1 amide bonds. The van der Waals surface area contributed by atoms with Crippen molar-refractivity contribution in [3.63, 3.8) is 0 Å². The molecule has 2 saturated heterocycles. The second-order valence-electron chi connectivity index (χ2n) is 5.49. The van der Waals surface area contributed by atoms with E-state index >= 15 is 0 Å². The van der Waals surface area contributed by atoms with Crippen molar-refractivity contribution < 1.29 is 9.53 Å². The molecule has 2 fully saturated rings. The van der Waals surface area contributed by atoms with Crippen LogP contribution in [0.4, 0.5) is 0 Å². The van der Waals surface area contributed by atoms with Crippen LogP contribution in [-0.2, 0) is 9.53 Å². The van der Waals surface area contributed by atoms with E-state index in [-0.39, 0.29) is 5.91 Å². The number of amides is 1. The maximum absolute atomic E-state index is 12.1. The summed E-state index contributed by atoms with van der Waals surface area (Å²) < 4.78 is 5.26. The van der Waals surface area contributed by atoms with Crippen molar-refractivity contribution in [3.8, 4) is 0 Å². The summed E-state index contributed by atoms with van der Waals surface area (Å²) in [5.74, 6) is 1.46. The topological polar surface area (TPSA) is 58.8 Å². The molecule has 2 unspecified atom stereocenters. The maximum Gasteiger partial charge on any atom is 0.236 e. The van der Waals surface area contributed by atoms with E-state index in [0.717, 1.165) is 39.1 Å². The lowest BCUT2D eigenvalue weighted by Gasteiger charge is -2.37. The Kier molecular flexibility index (Phi) is 4.97. The van der Waals surface area contributed by atoms with E-state index in [1.165, 1.54) is 0 Å². The summed E-state index contributed by atoms with van der Waals surface area (Å²) in [7, 11) is 0. The molecule has 18 heavy (non-hydrogen) atoms. The quantitative estimate of drug-likeness (QED) is 0.756. The first kappa shape index (κ1) is 13.8. The Labute approximate surface area is 109 Å².